The van der Waals surface area contributed by atoms with Crippen molar-refractivity contribution in [3.8, 4) is 5.75 Å². The summed E-state index contributed by atoms with van der Waals surface area (Å²) in [6, 6.07) is 15.0. The third-order valence-corrected chi connectivity index (χ3v) is 6.26. The molecule has 0 saturated carbocycles. The van der Waals surface area contributed by atoms with Crippen LogP contribution < -0.4 is 9.64 Å². The number of ether oxygens (including phenoxy) is 2. The first-order chi connectivity index (χ1) is 16.1. The monoisotopic (exact) mass is 465 g/mol. The second-order valence-electron chi connectivity index (χ2n) is 7.65. The molecule has 1 saturated heterocycles. The summed E-state index contributed by atoms with van der Waals surface area (Å²) >= 11 is 1.65. The van der Waals surface area contributed by atoms with E-state index in [2.05, 4.69) is 9.88 Å². The molecule has 2 aromatic heterocycles. The summed E-state index contributed by atoms with van der Waals surface area (Å²) in [4.78, 5) is 34.6. The second kappa shape index (κ2) is 11.0. The molecule has 0 aliphatic carbocycles. The number of anilines is 1. The average molecular weight is 466 g/mol. The Balaban J connectivity index is 1.36. The lowest BCUT2D eigenvalue weighted by atomic mass is 10.2. The summed E-state index contributed by atoms with van der Waals surface area (Å²) in [6.45, 7) is 5.34. The van der Waals surface area contributed by atoms with Gasteiger partial charge in [-0.3, -0.25) is 4.79 Å². The number of rotatable bonds is 7. The number of pyridine rings is 1. The smallest absolute Gasteiger partial charge is 0.339 e. The van der Waals surface area contributed by atoms with Crippen LogP contribution in [-0.4, -0.2) is 54.5 Å². The topological polar surface area (TPSA) is 72.0 Å². The standard InChI is InChI=1S/C25H27N3O4S/c1-2-31-25(30)20-9-10-23(26-17-20)27-11-5-12-28(14-13-27)24(29)19-6-3-7-21(16-19)32-18-22-8-4-15-33-22/h3-4,6-10,15-17H,2,5,11-14,18H2,1H3. The molecule has 0 N–H and O–H groups in total. The van der Waals surface area contributed by atoms with E-state index in [4.69, 9.17) is 9.47 Å². The van der Waals surface area contributed by atoms with Crippen molar-refractivity contribution in [1.82, 2.24) is 9.88 Å². The van der Waals surface area contributed by atoms with Crippen LogP contribution in [0.25, 0.3) is 0 Å². The summed E-state index contributed by atoms with van der Waals surface area (Å²) in [5, 5.41) is 2.02. The van der Waals surface area contributed by atoms with Crippen molar-refractivity contribution >= 4 is 29.0 Å². The lowest BCUT2D eigenvalue weighted by Gasteiger charge is -2.23. The Morgan fingerprint density at radius 2 is 1.94 bits per heavy atom. The minimum absolute atomic E-state index is 0.00374. The minimum Gasteiger partial charge on any atom is -0.488 e. The number of aromatic nitrogens is 1. The van der Waals surface area contributed by atoms with Crippen molar-refractivity contribution in [2.24, 2.45) is 0 Å². The molecule has 4 rings (SSSR count). The number of amides is 1. The molecular formula is C25H27N3O4S. The highest BCUT2D eigenvalue weighted by Gasteiger charge is 2.21. The highest BCUT2D eigenvalue weighted by Crippen LogP contribution is 2.20. The predicted octanol–water partition coefficient (Wildman–Crippen LogP) is 4.25. The van der Waals surface area contributed by atoms with Gasteiger partial charge in [-0.15, -0.1) is 11.3 Å². The molecule has 7 nitrogen and oxygen atoms in total. The van der Waals surface area contributed by atoms with E-state index in [1.165, 1.54) is 0 Å². The van der Waals surface area contributed by atoms with Gasteiger partial charge in [-0.1, -0.05) is 12.1 Å². The third kappa shape index (κ3) is 5.90. The highest BCUT2D eigenvalue weighted by molar-refractivity contribution is 7.09. The van der Waals surface area contributed by atoms with E-state index in [1.54, 1.807) is 30.5 Å². The van der Waals surface area contributed by atoms with E-state index in [0.29, 0.717) is 49.7 Å². The molecule has 1 aliphatic rings. The maximum atomic E-state index is 13.1. The molecule has 33 heavy (non-hydrogen) atoms. The number of thiophene rings is 1. The van der Waals surface area contributed by atoms with E-state index in [9.17, 15) is 9.59 Å². The second-order valence-corrected chi connectivity index (χ2v) is 8.69. The molecule has 1 aliphatic heterocycles. The quantitative estimate of drug-likeness (QED) is 0.486. The fourth-order valence-corrected chi connectivity index (χ4v) is 4.32. The van der Waals surface area contributed by atoms with E-state index in [1.807, 2.05) is 52.7 Å². The Hall–Kier alpha value is -3.39. The molecule has 1 fully saturated rings. The summed E-state index contributed by atoms with van der Waals surface area (Å²) in [6.07, 6.45) is 2.38. The minimum atomic E-state index is -0.370. The van der Waals surface area contributed by atoms with Crippen molar-refractivity contribution in [3.05, 3.63) is 76.1 Å². The van der Waals surface area contributed by atoms with Gasteiger partial charge in [0.2, 0.25) is 0 Å². The van der Waals surface area contributed by atoms with Gasteiger partial charge >= 0.3 is 5.97 Å². The Bertz CT molecular complexity index is 1070. The van der Waals surface area contributed by atoms with E-state index in [0.717, 1.165) is 23.7 Å². The van der Waals surface area contributed by atoms with Crippen molar-refractivity contribution < 1.29 is 19.1 Å². The maximum Gasteiger partial charge on any atom is 0.339 e. The number of benzene rings is 1. The first-order valence-corrected chi connectivity index (χ1v) is 11.9. The Labute approximate surface area is 197 Å². The van der Waals surface area contributed by atoms with Gasteiger partial charge in [-0.2, -0.15) is 0 Å². The number of nitrogens with zero attached hydrogens (tertiary/aromatic N) is 3. The first-order valence-electron chi connectivity index (χ1n) is 11.1. The summed E-state index contributed by atoms with van der Waals surface area (Å²) in [7, 11) is 0. The van der Waals surface area contributed by atoms with Crippen LogP contribution in [-0.2, 0) is 11.3 Å². The van der Waals surface area contributed by atoms with Gasteiger partial charge in [0.1, 0.15) is 18.2 Å². The SMILES string of the molecule is CCOC(=O)c1ccc(N2CCCN(C(=O)c3cccc(OCc4cccs4)c3)CC2)nc1. The predicted molar refractivity (Wildman–Crippen MR) is 128 cm³/mol. The lowest BCUT2D eigenvalue weighted by molar-refractivity contribution is 0.0525. The molecule has 1 amide bonds. The van der Waals surface area contributed by atoms with Gasteiger partial charge < -0.3 is 19.3 Å². The number of hydrogen-bond acceptors (Lipinski definition) is 7. The van der Waals surface area contributed by atoms with Crippen LogP contribution in [0.5, 0.6) is 5.75 Å². The zero-order valence-corrected chi connectivity index (χ0v) is 19.4. The fourth-order valence-electron chi connectivity index (χ4n) is 3.71. The first kappa shape index (κ1) is 22.8. The van der Waals surface area contributed by atoms with E-state index >= 15 is 0 Å². The molecule has 8 heteroatoms. The molecule has 3 aromatic rings. The van der Waals surface area contributed by atoms with Gasteiger partial charge in [0.25, 0.3) is 5.91 Å². The van der Waals surface area contributed by atoms with Gasteiger partial charge in [-0.05, 0) is 55.1 Å². The Morgan fingerprint density at radius 1 is 1.03 bits per heavy atom. The highest BCUT2D eigenvalue weighted by atomic mass is 32.1. The van der Waals surface area contributed by atoms with Crippen LogP contribution in [0.4, 0.5) is 5.82 Å². The van der Waals surface area contributed by atoms with Crippen molar-refractivity contribution in [1.29, 1.82) is 0 Å². The molecule has 172 valence electrons. The van der Waals surface area contributed by atoms with Crippen molar-refractivity contribution in [2.45, 2.75) is 20.0 Å². The van der Waals surface area contributed by atoms with Gasteiger partial charge in [0.05, 0.1) is 12.2 Å². The van der Waals surface area contributed by atoms with E-state index in [-0.39, 0.29) is 11.9 Å². The average Bonchev–Trinajstić information content (AvgIpc) is 3.25. The third-order valence-electron chi connectivity index (χ3n) is 5.41. The maximum absolute atomic E-state index is 13.1. The van der Waals surface area contributed by atoms with Crippen LogP contribution in [0.1, 0.15) is 38.9 Å². The van der Waals surface area contributed by atoms with Crippen molar-refractivity contribution in [2.75, 3.05) is 37.7 Å². The molecule has 0 unspecified atom stereocenters. The number of hydrogen-bond donors (Lipinski definition) is 0. The fraction of sp³-hybridized carbons (Fsp3) is 0.320. The lowest BCUT2D eigenvalue weighted by Crippen LogP contribution is -2.35. The normalized spacial score (nSPS) is 14.0. The van der Waals surface area contributed by atoms with Crippen LogP contribution in [0.15, 0.2) is 60.1 Å². The summed E-state index contributed by atoms with van der Waals surface area (Å²) < 4.78 is 10.9. The molecule has 0 atom stereocenters. The van der Waals surface area contributed by atoms with Crippen LogP contribution >= 0.6 is 11.3 Å². The number of esters is 1. The molecule has 0 spiro atoms. The van der Waals surface area contributed by atoms with Crippen LogP contribution in [0.2, 0.25) is 0 Å². The van der Waals surface area contributed by atoms with Gasteiger partial charge in [0.15, 0.2) is 0 Å². The van der Waals surface area contributed by atoms with Crippen LogP contribution in [0.3, 0.4) is 0 Å². The number of carbonyl (C=O) groups excluding carboxylic acids is 2. The largest absolute Gasteiger partial charge is 0.488 e. The van der Waals surface area contributed by atoms with Crippen LogP contribution in [0, 0.1) is 0 Å². The van der Waals surface area contributed by atoms with E-state index < -0.39 is 0 Å². The summed E-state index contributed by atoms with van der Waals surface area (Å²) in [5.41, 5.74) is 1.07. The molecular weight excluding hydrogens is 438 g/mol. The van der Waals surface area contributed by atoms with Gasteiger partial charge in [0, 0.05) is 42.8 Å². The zero-order chi connectivity index (χ0) is 23.0. The molecule has 0 bridgehead atoms. The summed E-state index contributed by atoms with van der Waals surface area (Å²) in [5.74, 6) is 1.12. The van der Waals surface area contributed by atoms with Gasteiger partial charge in [-0.25, -0.2) is 9.78 Å². The van der Waals surface area contributed by atoms with Crippen molar-refractivity contribution in [3.63, 3.8) is 0 Å². The molecule has 3 heterocycles. The molecule has 1 aromatic carbocycles. The number of carbonyl (C=O) groups is 2. The zero-order valence-electron chi connectivity index (χ0n) is 18.6. The Morgan fingerprint density at radius 3 is 2.70 bits per heavy atom. The molecule has 0 radical (unpaired) electrons. The Kier molecular flexibility index (Phi) is 7.57.